The van der Waals surface area contributed by atoms with Gasteiger partial charge in [0.25, 0.3) is 0 Å². The van der Waals surface area contributed by atoms with Crippen LogP contribution in [0.4, 0.5) is 0 Å². The average Bonchev–Trinajstić information content (AvgIpc) is 2.79. The Bertz CT molecular complexity index is 436. The molecule has 1 aromatic heterocycles. The molecular formula is C13H18N4. The number of hydrogen-bond acceptors (Lipinski definition) is 3. The van der Waals surface area contributed by atoms with Crippen molar-refractivity contribution >= 4 is 0 Å². The number of hydrogen-bond donors (Lipinski definition) is 1. The zero-order valence-corrected chi connectivity index (χ0v) is 10.1. The molecule has 0 aliphatic carbocycles. The first-order chi connectivity index (χ1) is 8.38. The van der Waals surface area contributed by atoms with Crippen LogP contribution in [0.5, 0.6) is 0 Å². The summed E-state index contributed by atoms with van der Waals surface area (Å²) in [5.41, 5.74) is 1.38. The van der Waals surface area contributed by atoms with Crippen LogP contribution in [-0.2, 0) is 19.5 Å². The zero-order chi connectivity index (χ0) is 11.9. The summed E-state index contributed by atoms with van der Waals surface area (Å²) < 4.78 is 1.91. The van der Waals surface area contributed by atoms with Gasteiger partial charge in [0.2, 0.25) is 0 Å². The van der Waals surface area contributed by atoms with Crippen LogP contribution in [0.3, 0.4) is 0 Å². The fraction of sp³-hybridized carbons (Fsp3) is 0.385. The average molecular weight is 230 g/mol. The van der Waals surface area contributed by atoms with Crippen LogP contribution in [0.15, 0.2) is 36.7 Å². The molecule has 2 aromatic rings. The largest absolute Gasteiger partial charge is 0.313 e. The third-order valence-corrected chi connectivity index (χ3v) is 2.61. The van der Waals surface area contributed by atoms with Gasteiger partial charge in [-0.3, -0.25) is 4.68 Å². The molecule has 4 heteroatoms. The topological polar surface area (TPSA) is 42.7 Å². The quantitative estimate of drug-likeness (QED) is 0.820. The third-order valence-electron chi connectivity index (χ3n) is 2.61. The van der Waals surface area contributed by atoms with Crippen molar-refractivity contribution in [2.24, 2.45) is 0 Å². The summed E-state index contributed by atoms with van der Waals surface area (Å²) in [5.74, 6) is 0.854. The molecule has 1 aromatic carbocycles. The van der Waals surface area contributed by atoms with Crippen LogP contribution in [0, 0.1) is 0 Å². The van der Waals surface area contributed by atoms with Crippen molar-refractivity contribution < 1.29 is 0 Å². The van der Waals surface area contributed by atoms with Crippen LogP contribution in [-0.4, -0.2) is 21.8 Å². The van der Waals surface area contributed by atoms with E-state index >= 15 is 0 Å². The fourth-order valence-electron chi connectivity index (χ4n) is 1.77. The minimum Gasteiger partial charge on any atom is -0.313 e. The molecule has 0 fully saturated rings. The lowest BCUT2D eigenvalue weighted by atomic mass is 10.1. The van der Waals surface area contributed by atoms with Crippen LogP contribution in [0.1, 0.15) is 17.8 Å². The van der Waals surface area contributed by atoms with E-state index in [1.165, 1.54) is 5.56 Å². The van der Waals surface area contributed by atoms with E-state index in [1.54, 1.807) is 6.33 Å². The monoisotopic (exact) mass is 230 g/mol. The second-order valence-corrected chi connectivity index (χ2v) is 4.04. The maximum Gasteiger partial charge on any atom is 0.164 e. The van der Waals surface area contributed by atoms with Gasteiger partial charge in [0.1, 0.15) is 6.33 Å². The number of aromatic nitrogens is 3. The SMILES string of the molecule is CNCc1ncn(CCCc2ccccc2)n1. The van der Waals surface area contributed by atoms with E-state index < -0.39 is 0 Å². The smallest absolute Gasteiger partial charge is 0.164 e. The summed E-state index contributed by atoms with van der Waals surface area (Å²) in [4.78, 5) is 4.22. The maximum atomic E-state index is 4.37. The number of nitrogens with one attached hydrogen (secondary N) is 1. The summed E-state index contributed by atoms with van der Waals surface area (Å²) in [5, 5.41) is 7.42. The fourth-order valence-corrected chi connectivity index (χ4v) is 1.77. The molecule has 17 heavy (non-hydrogen) atoms. The molecule has 1 heterocycles. The highest BCUT2D eigenvalue weighted by Gasteiger charge is 1.99. The summed E-state index contributed by atoms with van der Waals surface area (Å²) in [6.07, 6.45) is 3.98. The van der Waals surface area contributed by atoms with Crippen molar-refractivity contribution in [2.45, 2.75) is 25.9 Å². The highest BCUT2D eigenvalue weighted by atomic mass is 15.3. The zero-order valence-electron chi connectivity index (χ0n) is 10.1. The molecule has 90 valence electrons. The van der Waals surface area contributed by atoms with Crippen molar-refractivity contribution in [1.82, 2.24) is 20.1 Å². The molecule has 4 nitrogen and oxygen atoms in total. The summed E-state index contributed by atoms with van der Waals surface area (Å²) in [7, 11) is 1.90. The first-order valence-electron chi connectivity index (χ1n) is 5.95. The Balaban J connectivity index is 1.78. The molecule has 0 amide bonds. The lowest BCUT2D eigenvalue weighted by Gasteiger charge is -2.01. The molecule has 0 atom stereocenters. The molecular weight excluding hydrogens is 212 g/mol. The molecule has 0 radical (unpaired) electrons. The van der Waals surface area contributed by atoms with E-state index in [0.29, 0.717) is 0 Å². The molecule has 0 unspecified atom stereocenters. The van der Waals surface area contributed by atoms with Gasteiger partial charge in [0.15, 0.2) is 5.82 Å². The van der Waals surface area contributed by atoms with Crippen molar-refractivity contribution in [3.8, 4) is 0 Å². The Morgan fingerprint density at radius 3 is 2.82 bits per heavy atom. The second kappa shape index (κ2) is 6.15. The maximum absolute atomic E-state index is 4.37. The van der Waals surface area contributed by atoms with Gasteiger partial charge in [0.05, 0.1) is 6.54 Å². The molecule has 0 aliphatic heterocycles. The molecule has 0 aliphatic rings. The van der Waals surface area contributed by atoms with Crippen molar-refractivity contribution in [3.05, 3.63) is 48.0 Å². The van der Waals surface area contributed by atoms with Crippen LogP contribution >= 0.6 is 0 Å². The lowest BCUT2D eigenvalue weighted by molar-refractivity contribution is 0.568. The predicted molar refractivity (Wildman–Crippen MR) is 67.5 cm³/mol. The standard InChI is InChI=1S/C13H18N4/c1-14-10-13-15-11-17(16-13)9-5-8-12-6-3-2-4-7-12/h2-4,6-7,11,14H,5,8-10H2,1H3. The highest BCUT2D eigenvalue weighted by Crippen LogP contribution is 2.03. The van der Waals surface area contributed by atoms with Crippen molar-refractivity contribution in [3.63, 3.8) is 0 Å². The van der Waals surface area contributed by atoms with Gasteiger partial charge in [-0.05, 0) is 25.5 Å². The molecule has 0 saturated carbocycles. The minimum atomic E-state index is 0.728. The van der Waals surface area contributed by atoms with E-state index in [0.717, 1.165) is 31.8 Å². The van der Waals surface area contributed by atoms with Crippen LogP contribution in [0.25, 0.3) is 0 Å². The van der Waals surface area contributed by atoms with E-state index in [2.05, 4.69) is 39.7 Å². The minimum absolute atomic E-state index is 0.728. The Morgan fingerprint density at radius 2 is 2.06 bits per heavy atom. The number of benzene rings is 1. The van der Waals surface area contributed by atoms with Crippen LogP contribution < -0.4 is 5.32 Å². The predicted octanol–water partition coefficient (Wildman–Crippen LogP) is 1.63. The second-order valence-electron chi connectivity index (χ2n) is 4.04. The van der Waals surface area contributed by atoms with Gasteiger partial charge < -0.3 is 5.32 Å². The molecule has 0 saturated heterocycles. The number of aryl methyl sites for hydroxylation is 2. The van der Waals surface area contributed by atoms with Gasteiger partial charge in [0, 0.05) is 6.54 Å². The third kappa shape index (κ3) is 3.67. The van der Waals surface area contributed by atoms with Gasteiger partial charge in [-0.2, -0.15) is 5.10 Å². The van der Waals surface area contributed by atoms with Crippen molar-refractivity contribution in [1.29, 1.82) is 0 Å². The van der Waals surface area contributed by atoms with Crippen molar-refractivity contribution in [2.75, 3.05) is 7.05 Å². The van der Waals surface area contributed by atoms with E-state index in [4.69, 9.17) is 0 Å². The number of rotatable bonds is 6. The molecule has 2 rings (SSSR count). The Hall–Kier alpha value is -1.68. The Labute approximate surface area is 102 Å². The normalized spacial score (nSPS) is 10.6. The lowest BCUT2D eigenvalue weighted by Crippen LogP contribution is -2.08. The Kier molecular flexibility index (Phi) is 4.27. The summed E-state index contributed by atoms with van der Waals surface area (Å²) in [6.45, 7) is 1.65. The molecule has 1 N–H and O–H groups in total. The van der Waals surface area contributed by atoms with Gasteiger partial charge in [-0.1, -0.05) is 30.3 Å². The van der Waals surface area contributed by atoms with E-state index in [-0.39, 0.29) is 0 Å². The van der Waals surface area contributed by atoms with E-state index in [1.807, 2.05) is 17.8 Å². The van der Waals surface area contributed by atoms with Gasteiger partial charge >= 0.3 is 0 Å². The summed E-state index contributed by atoms with van der Waals surface area (Å²) in [6, 6.07) is 10.5. The molecule has 0 bridgehead atoms. The Morgan fingerprint density at radius 1 is 1.24 bits per heavy atom. The first-order valence-corrected chi connectivity index (χ1v) is 5.95. The molecule has 0 spiro atoms. The van der Waals surface area contributed by atoms with Gasteiger partial charge in [-0.15, -0.1) is 0 Å². The summed E-state index contributed by atoms with van der Waals surface area (Å²) >= 11 is 0. The van der Waals surface area contributed by atoms with E-state index in [9.17, 15) is 0 Å². The van der Waals surface area contributed by atoms with Gasteiger partial charge in [-0.25, -0.2) is 4.98 Å². The van der Waals surface area contributed by atoms with Crippen LogP contribution in [0.2, 0.25) is 0 Å². The number of nitrogens with zero attached hydrogens (tertiary/aromatic N) is 3. The highest BCUT2D eigenvalue weighted by molar-refractivity contribution is 5.14. The first kappa shape index (κ1) is 11.8.